The molecule has 5 nitrogen and oxygen atoms in total. The van der Waals surface area contributed by atoms with Gasteiger partial charge in [0.15, 0.2) is 0 Å². The molecule has 0 fully saturated rings. The molecule has 0 bridgehead atoms. The molecule has 0 atom stereocenters. The molecule has 0 unspecified atom stereocenters. The Bertz CT molecular complexity index is 934. The lowest BCUT2D eigenvalue weighted by Crippen LogP contribution is -2.22. The molecule has 0 aliphatic rings. The summed E-state index contributed by atoms with van der Waals surface area (Å²) in [5.41, 5.74) is 6.87. The highest BCUT2D eigenvalue weighted by Gasteiger charge is 2.24. The van der Waals surface area contributed by atoms with Crippen molar-refractivity contribution in [2.75, 3.05) is 11.5 Å². The first-order chi connectivity index (χ1) is 12.2. The summed E-state index contributed by atoms with van der Waals surface area (Å²) >= 11 is 7.08. The zero-order valence-electron chi connectivity index (χ0n) is 14.6. The van der Waals surface area contributed by atoms with Crippen molar-refractivity contribution in [2.24, 2.45) is 5.41 Å². The van der Waals surface area contributed by atoms with Crippen molar-refractivity contribution in [1.29, 1.82) is 10.5 Å². The SMILES string of the molecule is CC(C)(C)C(=O)CSc1nc(N)c(C#N)c(-c2ccc(Cl)cc2)c1C#N. The maximum atomic E-state index is 12.2. The Morgan fingerprint density at radius 1 is 1.19 bits per heavy atom. The zero-order valence-corrected chi connectivity index (χ0v) is 16.2. The van der Waals surface area contributed by atoms with E-state index in [0.717, 1.165) is 11.8 Å². The van der Waals surface area contributed by atoms with Crippen LogP contribution in [-0.2, 0) is 4.79 Å². The Morgan fingerprint density at radius 3 is 2.27 bits per heavy atom. The van der Waals surface area contributed by atoms with Gasteiger partial charge < -0.3 is 5.73 Å². The number of halogens is 1. The number of rotatable bonds is 4. The fourth-order valence-electron chi connectivity index (χ4n) is 2.16. The second-order valence-electron chi connectivity index (χ2n) is 6.62. The maximum absolute atomic E-state index is 12.2. The Labute approximate surface area is 161 Å². The summed E-state index contributed by atoms with van der Waals surface area (Å²) in [4.78, 5) is 16.4. The van der Waals surface area contributed by atoms with Gasteiger partial charge in [0.1, 0.15) is 34.3 Å². The van der Waals surface area contributed by atoms with E-state index < -0.39 is 5.41 Å². The van der Waals surface area contributed by atoms with E-state index in [1.54, 1.807) is 24.3 Å². The van der Waals surface area contributed by atoms with Crippen LogP contribution in [0.5, 0.6) is 0 Å². The number of nitrogens with two attached hydrogens (primary N) is 1. The molecule has 0 radical (unpaired) electrons. The number of nitriles is 2. The van der Waals surface area contributed by atoms with Crippen LogP contribution < -0.4 is 5.73 Å². The van der Waals surface area contributed by atoms with Crippen LogP contribution >= 0.6 is 23.4 Å². The fourth-order valence-corrected chi connectivity index (χ4v) is 3.44. The van der Waals surface area contributed by atoms with Gasteiger partial charge in [-0.3, -0.25) is 4.79 Å². The second kappa shape index (κ2) is 7.78. The fraction of sp³-hybridized carbons (Fsp3) is 0.263. The molecule has 26 heavy (non-hydrogen) atoms. The van der Waals surface area contributed by atoms with E-state index in [9.17, 15) is 15.3 Å². The number of nitrogens with zero attached hydrogens (tertiary/aromatic N) is 3. The third-order valence-electron chi connectivity index (χ3n) is 3.73. The molecule has 0 saturated heterocycles. The van der Waals surface area contributed by atoms with Crippen molar-refractivity contribution in [3.63, 3.8) is 0 Å². The topological polar surface area (TPSA) is 104 Å². The molecule has 2 N–H and O–H groups in total. The van der Waals surface area contributed by atoms with Crippen LogP contribution in [0.25, 0.3) is 11.1 Å². The Balaban J connectivity index is 2.59. The van der Waals surface area contributed by atoms with Gasteiger partial charge >= 0.3 is 0 Å². The van der Waals surface area contributed by atoms with E-state index in [1.165, 1.54) is 0 Å². The molecule has 0 saturated carbocycles. The molecule has 0 aliphatic heterocycles. The van der Waals surface area contributed by atoms with Crippen LogP contribution in [0.2, 0.25) is 5.02 Å². The summed E-state index contributed by atoms with van der Waals surface area (Å²) < 4.78 is 0. The Morgan fingerprint density at radius 2 is 1.77 bits per heavy atom. The minimum Gasteiger partial charge on any atom is -0.383 e. The lowest BCUT2D eigenvalue weighted by molar-refractivity contribution is -0.123. The average Bonchev–Trinajstić information content (AvgIpc) is 2.58. The van der Waals surface area contributed by atoms with Gasteiger partial charge in [0, 0.05) is 16.0 Å². The van der Waals surface area contributed by atoms with E-state index in [0.29, 0.717) is 21.2 Å². The van der Waals surface area contributed by atoms with Crippen LogP contribution in [0.3, 0.4) is 0 Å². The third kappa shape index (κ3) is 4.16. The van der Waals surface area contributed by atoms with Crippen molar-refractivity contribution in [3.05, 3.63) is 40.4 Å². The Hall–Kier alpha value is -2.54. The van der Waals surface area contributed by atoms with Crippen LogP contribution in [0.15, 0.2) is 29.3 Å². The van der Waals surface area contributed by atoms with Gasteiger partial charge in [-0.15, -0.1) is 0 Å². The first-order valence-electron chi connectivity index (χ1n) is 7.74. The minimum atomic E-state index is -0.489. The smallest absolute Gasteiger partial charge is 0.148 e. The van der Waals surface area contributed by atoms with E-state index in [1.807, 2.05) is 26.8 Å². The molecule has 0 amide bonds. The normalized spacial score (nSPS) is 10.8. The predicted molar refractivity (Wildman–Crippen MR) is 104 cm³/mol. The Kier molecular flexibility index (Phi) is 5.92. The summed E-state index contributed by atoms with van der Waals surface area (Å²) in [6.07, 6.45) is 0. The number of ketones is 1. The molecule has 1 aromatic carbocycles. The van der Waals surface area contributed by atoms with Crippen LogP contribution in [0.4, 0.5) is 5.82 Å². The van der Waals surface area contributed by atoms with Gasteiger partial charge in [-0.25, -0.2) is 4.98 Å². The number of benzene rings is 1. The molecule has 1 aromatic heterocycles. The number of hydrogen-bond acceptors (Lipinski definition) is 6. The molecule has 0 spiro atoms. The van der Waals surface area contributed by atoms with Crippen molar-refractivity contribution in [3.8, 4) is 23.3 Å². The van der Waals surface area contributed by atoms with E-state index in [4.69, 9.17) is 17.3 Å². The van der Waals surface area contributed by atoms with Gasteiger partial charge in [-0.1, -0.05) is 56.3 Å². The van der Waals surface area contributed by atoms with Gasteiger partial charge in [0.2, 0.25) is 0 Å². The third-order valence-corrected chi connectivity index (χ3v) is 4.95. The number of hydrogen-bond donors (Lipinski definition) is 1. The largest absolute Gasteiger partial charge is 0.383 e. The number of aromatic nitrogens is 1. The number of anilines is 1. The van der Waals surface area contributed by atoms with Crippen molar-refractivity contribution >= 4 is 35.0 Å². The lowest BCUT2D eigenvalue weighted by Gasteiger charge is -2.17. The summed E-state index contributed by atoms with van der Waals surface area (Å²) in [6, 6.07) is 10.9. The molecule has 132 valence electrons. The zero-order chi connectivity index (χ0) is 19.5. The number of pyridine rings is 1. The van der Waals surface area contributed by atoms with Crippen LogP contribution in [0.1, 0.15) is 31.9 Å². The number of Topliss-reactive ketones (excluding diaryl/α,β-unsaturated/α-hetero) is 1. The van der Waals surface area contributed by atoms with Gasteiger partial charge in [-0.2, -0.15) is 10.5 Å². The number of thioether (sulfide) groups is 1. The molecule has 2 rings (SSSR count). The first kappa shape index (κ1) is 19.8. The van der Waals surface area contributed by atoms with Crippen molar-refractivity contribution in [2.45, 2.75) is 25.8 Å². The van der Waals surface area contributed by atoms with Crippen molar-refractivity contribution in [1.82, 2.24) is 4.98 Å². The minimum absolute atomic E-state index is 0.0298. The summed E-state index contributed by atoms with van der Waals surface area (Å²) in [5.74, 6) is 0.225. The van der Waals surface area contributed by atoms with Gasteiger partial charge in [0.25, 0.3) is 0 Å². The van der Waals surface area contributed by atoms with Crippen LogP contribution in [0, 0.1) is 28.1 Å². The molecular weight excluding hydrogens is 368 g/mol. The molecular formula is C19H17ClN4OS. The summed E-state index contributed by atoms with van der Waals surface area (Å²) in [7, 11) is 0. The highest BCUT2D eigenvalue weighted by Crippen LogP contribution is 2.36. The molecule has 1 heterocycles. The average molecular weight is 385 g/mol. The lowest BCUT2D eigenvalue weighted by atomic mass is 9.92. The maximum Gasteiger partial charge on any atom is 0.148 e. The highest BCUT2D eigenvalue weighted by molar-refractivity contribution is 8.00. The van der Waals surface area contributed by atoms with Gasteiger partial charge in [0.05, 0.1) is 11.3 Å². The van der Waals surface area contributed by atoms with E-state index >= 15 is 0 Å². The second-order valence-corrected chi connectivity index (χ2v) is 8.02. The standard InChI is InChI=1S/C19H17ClN4OS/c1-19(2,3)15(25)10-26-18-14(9-22)16(13(8-21)17(23)24-18)11-4-6-12(20)7-5-11/h4-7H,10H2,1-3H3,(H2,23,24). The molecule has 7 heteroatoms. The quantitative estimate of drug-likeness (QED) is 0.781. The first-order valence-corrected chi connectivity index (χ1v) is 9.11. The monoisotopic (exact) mass is 384 g/mol. The summed E-state index contributed by atoms with van der Waals surface area (Å²) in [6.45, 7) is 5.50. The predicted octanol–water partition coefficient (Wildman–Crippen LogP) is 4.43. The summed E-state index contributed by atoms with van der Waals surface area (Å²) in [5, 5.41) is 20.1. The van der Waals surface area contributed by atoms with E-state index in [2.05, 4.69) is 11.1 Å². The van der Waals surface area contributed by atoms with Crippen LogP contribution in [-0.4, -0.2) is 16.5 Å². The highest BCUT2D eigenvalue weighted by atomic mass is 35.5. The molecule has 2 aromatic rings. The number of carbonyl (C=O) groups excluding carboxylic acids is 1. The number of nitrogen functional groups attached to an aromatic ring is 1. The number of carbonyl (C=O) groups is 1. The van der Waals surface area contributed by atoms with E-state index in [-0.39, 0.29) is 28.5 Å². The molecule has 0 aliphatic carbocycles. The van der Waals surface area contributed by atoms with Gasteiger partial charge in [-0.05, 0) is 17.7 Å². The van der Waals surface area contributed by atoms with Crippen molar-refractivity contribution < 1.29 is 4.79 Å².